The van der Waals surface area contributed by atoms with Crippen molar-refractivity contribution in [3.63, 3.8) is 0 Å². The Morgan fingerprint density at radius 3 is 2.26 bits per heavy atom. The highest BCUT2D eigenvalue weighted by atomic mass is 35.5. The van der Waals surface area contributed by atoms with Crippen LogP contribution < -0.4 is 9.64 Å². The van der Waals surface area contributed by atoms with Gasteiger partial charge in [-0.15, -0.1) is 0 Å². The van der Waals surface area contributed by atoms with Gasteiger partial charge in [-0.25, -0.2) is 18.6 Å². The lowest BCUT2D eigenvalue weighted by Gasteiger charge is -2.25. The van der Waals surface area contributed by atoms with E-state index in [9.17, 15) is 13.6 Å². The Morgan fingerprint density at radius 1 is 0.921 bits per heavy atom. The number of carbonyl (C=O) groups is 1. The molecule has 196 valence electrons. The summed E-state index contributed by atoms with van der Waals surface area (Å²) in [5.41, 5.74) is 0.883. The largest absolute Gasteiger partial charge is 0.457 e. The van der Waals surface area contributed by atoms with Crippen LogP contribution in [-0.2, 0) is 11.3 Å². The Labute approximate surface area is 224 Å². The molecule has 3 aromatic carbocycles. The van der Waals surface area contributed by atoms with Crippen LogP contribution in [0.1, 0.15) is 37.3 Å². The molecule has 2 atom stereocenters. The third-order valence-electron chi connectivity index (χ3n) is 6.43. The number of amides is 1. The van der Waals surface area contributed by atoms with Crippen molar-refractivity contribution in [2.45, 2.75) is 44.4 Å². The van der Waals surface area contributed by atoms with E-state index in [4.69, 9.17) is 21.1 Å². The molecule has 0 saturated carbocycles. The summed E-state index contributed by atoms with van der Waals surface area (Å²) in [5, 5.41) is 0.604. The zero-order chi connectivity index (χ0) is 26.5. The van der Waals surface area contributed by atoms with Crippen molar-refractivity contribution in [1.29, 1.82) is 0 Å². The van der Waals surface area contributed by atoms with Crippen molar-refractivity contribution in [3.05, 3.63) is 108 Å². The van der Waals surface area contributed by atoms with E-state index in [1.54, 1.807) is 61.1 Å². The molecule has 0 aliphatic carbocycles. The maximum absolute atomic E-state index is 14.2. The highest BCUT2D eigenvalue weighted by Crippen LogP contribution is 2.40. The Morgan fingerprint density at radius 2 is 1.61 bits per heavy atom. The third kappa shape index (κ3) is 6.14. The van der Waals surface area contributed by atoms with Crippen molar-refractivity contribution in [2.75, 3.05) is 4.90 Å². The van der Waals surface area contributed by atoms with E-state index in [2.05, 4.69) is 4.98 Å². The van der Waals surface area contributed by atoms with Gasteiger partial charge in [-0.05, 0) is 85.5 Å². The first-order valence-corrected chi connectivity index (χ1v) is 12.8. The molecule has 1 amide bonds. The van der Waals surface area contributed by atoms with E-state index < -0.39 is 29.9 Å². The molecule has 0 N–H and O–H groups in total. The van der Waals surface area contributed by atoms with Crippen LogP contribution in [0.15, 0.2) is 85.5 Å². The van der Waals surface area contributed by atoms with Crippen LogP contribution in [0.3, 0.4) is 0 Å². The Bertz CT molecular complexity index is 1340. The highest BCUT2D eigenvalue weighted by molar-refractivity contribution is 6.30. The highest BCUT2D eigenvalue weighted by Gasteiger charge is 2.43. The van der Waals surface area contributed by atoms with Gasteiger partial charge in [0.25, 0.3) is 0 Å². The van der Waals surface area contributed by atoms with Gasteiger partial charge < -0.3 is 14.0 Å². The fourth-order valence-electron chi connectivity index (χ4n) is 4.67. The molecule has 0 unspecified atom stereocenters. The number of ether oxygens (including phenoxy) is 2. The molecule has 1 fully saturated rings. The molecular weight excluding hydrogens is 512 g/mol. The van der Waals surface area contributed by atoms with Crippen molar-refractivity contribution in [2.24, 2.45) is 0 Å². The second-order valence-electron chi connectivity index (χ2n) is 9.14. The van der Waals surface area contributed by atoms with Gasteiger partial charge in [0.2, 0.25) is 0 Å². The first-order chi connectivity index (χ1) is 18.5. The standard InChI is InChI=1S/C29H26ClF2N3O3/c30-21-5-9-25(10-6-21)37-26-11-7-24(8-12-26)35-28(20-16-22(31)18-23(32)17-20)27(38-29(35)36)4-2-1-3-14-34-15-13-33-19-34/h5-13,15-19,27-28H,1-4,14H2/t27-,28-/m0/s1. The number of nitrogens with zero attached hydrogens (tertiary/aromatic N) is 3. The van der Waals surface area contributed by atoms with E-state index in [-0.39, 0.29) is 0 Å². The normalized spacial score (nSPS) is 17.0. The molecular formula is C29H26ClF2N3O3. The monoisotopic (exact) mass is 537 g/mol. The lowest BCUT2D eigenvalue weighted by atomic mass is 9.96. The average Bonchev–Trinajstić information content (AvgIpc) is 3.53. The summed E-state index contributed by atoms with van der Waals surface area (Å²) in [4.78, 5) is 18.6. The molecule has 2 heterocycles. The van der Waals surface area contributed by atoms with Crippen LogP contribution in [0.25, 0.3) is 0 Å². The number of carbonyl (C=O) groups excluding carboxylic acids is 1. The molecule has 1 aliphatic heterocycles. The Kier molecular flexibility index (Phi) is 7.89. The lowest BCUT2D eigenvalue weighted by Crippen LogP contribution is -2.29. The first-order valence-electron chi connectivity index (χ1n) is 12.4. The van der Waals surface area contributed by atoms with Crippen LogP contribution >= 0.6 is 11.6 Å². The van der Waals surface area contributed by atoms with Gasteiger partial charge in [0.15, 0.2) is 0 Å². The fraction of sp³-hybridized carbons (Fsp3) is 0.241. The first kappa shape index (κ1) is 25.7. The number of aryl methyl sites for hydroxylation is 1. The van der Waals surface area contributed by atoms with Crippen LogP contribution in [0, 0.1) is 11.6 Å². The maximum atomic E-state index is 14.2. The van der Waals surface area contributed by atoms with Crippen LogP contribution in [0.2, 0.25) is 5.02 Å². The number of hydrogen-bond acceptors (Lipinski definition) is 4. The van der Waals surface area contributed by atoms with Gasteiger partial charge in [0.1, 0.15) is 35.3 Å². The molecule has 5 rings (SSSR count). The average molecular weight is 538 g/mol. The van der Waals surface area contributed by atoms with Crippen LogP contribution in [-0.4, -0.2) is 21.7 Å². The summed E-state index contributed by atoms with van der Waals surface area (Å²) >= 11 is 5.93. The molecule has 9 heteroatoms. The predicted octanol–water partition coefficient (Wildman–Crippen LogP) is 7.93. The van der Waals surface area contributed by atoms with E-state index >= 15 is 0 Å². The predicted molar refractivity (Wildman–Crippen MR) is 141 cm³/mol. The minimum atomic E-state index is -0.704. The number of benzene rings is 3. The molecule has 0 radical (unpaired) electrons. The molecule has 6 nitrogen and oxygen atoms in total. The third-order valence-corrected chi connectivity index (χ3v) is 6.69. The SMILES string of the molecule is O=C1O[C@@H](CCCCCn2ccnc2)[C@H](c2cc(F)cc(F)c2)N1c1ccc(Oc2ccc(Cl)cc2)cc1. The van der Waals surface area contributed by atoms with Crippen molar-refractivity contribution in [3.8, 4) is 11.5 Å². The van der Waals surface area contributed by atoms with E-state index in [1.807, 2.05) is 10.8 Å². The van der Waals surface area contributed by atoms with Gasteiger partial charge >= 0.3 is 6.09 Å². The Hall–Kier alpha value is -3.91. The lowest BCUT2D eigenvalue weighted by molar-refractivity contribution is 0.124. The van der Waals surface area contributed by atoms with Crippen LogP contribution in [0.5, 0.6) is 11.5 Å². The van der Waals surface area contributed by atoms with Crippen molar-refractivity contribution < 1.29 is 23.0 Å². The summed E-state index contributed by atoms with van der Waals surface area (Å²) in [6.07, 6.45) is 7.52. The number of imidazole rings is 1. The van der Waals surface area contributed by atoms with E-state index in [0.29, 0.717) is 34.2 Å². The number of hydrogen-bond donors (Lipinski definition) is 0. The van der Waals surface area contributed by atoms with E-state index in [1.165, 1.54) is 17.0 Å². The number of anilines is 1. The fourth-order valence-corrected chi connectivity index (χ4v) is 4.80. The molecule has 1 saturated heterocycles. The zero-order valence-corrected chi connectivity index (χ0v) is 21.2. The van der Waals surface area contributed by atoms with Crippen molar-refractivity contribution in [1.82, 2.24) is 9.55 Å². The quantitative estimate of drug-likeness (QED) is 0.193. The van der Waals surface area contributed by atoms with Gasteiger partial charge in [0, 0.05) is 35.7 Å². The molecule has 4 aromatic rings. The molecule has 0 bridgehead atoms. The second kappa shape index (κ2) is 11.6. The minimum absolute atomic E-state index is 0.346. The number of aromatic nitrogens is 2. The van der Waals surface area contributed by atoms with Gasteiger partial charge in [-0.2, -0.15) is 0 Å². The number of rotatable bonds is 10. The number of halogens is 3. The van der Waals surface area contributed by atoms with Crippen LogP contribution in [0.4, 0.5) is 19.3 Å². The summed E-state index contributed by atoms with van der Waals surface area (Å²) in [5.74, 6) is -0.231. The second-order valence-corrected chi connectivity index (χ2v) is 9.58. The smallest absolute Gasteiger partial charge is 0.415 e. The number of unbranched alkanes of at least 4 members (excludes halogenated alkanes) is 2. The summed E-state index contributed by atoms with van der Waals surface area (Å²) in [6, 6.07) is 16.5. The minimum Gasteiger partial charge on any atom is -0.457 e. The van der Waals surface area contributed by atoms with Gasteiger partial charge in [-0.1, -0.05) is 18.0 Å². The van der Waals surface area contributed by atoms with Crippen molar-refractivity contribution >= 4 is 23.4 Å². The molecule has 0 spiro atoms. The maximum Gasteiger partial charge on any atom is 0.415 e. The topological polar surface area (TPSA) is 56.6 Å². The molecule has 1 aliphatic rings. The van der Waals surface area contributed by atoms with Gasteiger partial charge in [0.05, 0.1) is 6.33 Å². The van der Waals surface area contributed by atoms with E-state index in [0.717, 1.165) is 31.9 Å². The molecule has 1 aromatic heterocycles. The molecule has 38 heavy (non-hydrogen) atoms. The van der Waals surface area contributed by atoms with Gasteiger partial charge in [-0.3, -0.25) is 4.90 Å². The summed E-state index contributed by atoms with van der Waals surface area (Å²) in [7, 11) is 0. The summed E-state index contributed by atoms with van der Waals surface area (Å²) < 4.78 is 42.0. The Balaban J connectivity index is 1.32. The zero-order valence-electron chi connectivity index (χ0n) is 20.5. The summed E-state index contributed by atoms with van der Waals surface area (Å²) in [6.45, 7) is 0.847. The number of cyclic esters (lactones) is 1.